The summed E-state index contributed by atoms with van der Waals surface area (Å²) in [4.78, 5) is 9.73. The van der Waals surface area contributed by atoms with Crippen molar-refractivity contribution in [3.8, 4) is 0 Å². The predicted molar refractivity (Wildman–Crippen MR) is 102 cm³/mol. The summed E-state index contributed by atoms with van der Waals surface area (Å²) in [5.74, 6) is 0.881. The van der Waals surface area contributed by atoms with Gasteiger partial charge in [0.05, 0.1) is 27.7 Å². The first-order valence-electron chi connectivity index (χ1n) is 7.88. The zero-order valence-electron chi connectivity index (χ0n) is 14.6. The van der Waals surface area contributed by atoms with Crippen molar-refractivity contribution >= 4 is 44.4 Å². The Morgan fingerprint density at radius 1 is 0.704 bits per heavy atom. The van der Waals surface area contributed by atoms with Gasteiger partial charge in [0.15, 0.2) is 0 Å². The molecule has 3 aromatic carbocycles. The van der Waals surface area contributed by atoms with E-state index in [0.717, 1.165) is 44.4 Å². The van der Waals surface area contributed by atoms with E-state index in [2.05, 4.69) is 33.1 Å². The summed E-state index contributed by atoms with van der Waals surface area (Å²) in [6.45, 7) is 0. The van der Waals surface area contributed by atoms with Crippen molar-refractivity contribution in [3.05, 3.63) is 80.2 Å². The fourth-order valence-electron chi connectivity index (χ4n) is 3.59. The van der Waals surface area contributed by atoms with Crippen LogP contribution in [0, 0.1) is 13.5 Å². The molecule has 0 saturated heterocycles. The molecule has 6 heteroatoms. The number of nitrogens with zero attached hydrogens (tertiary/aromatic N) is 4. The van der Waals surface area contributed by atoms with Gasteiger partial charge in [-0.05, 0) is 29.8 Å². The second-order valence-corrected chi connectivity index (χ2v) is 5.93. The quantitative estimate of drug-likeness (QED) is 0.237. The Balaban J connectivity index is 0.000000701. The molecule has 0 aliphatic rings. The summed E-state index contributed by atoms with van der Waals surface area (Å²) in [7, 11) is 0. The third-order valence-corrected chi connectivity index (χ3v) is 4.60. The first-order valence-corrected chi connectivity index (χ1v) is 7.88. The zero-order valence-corrected chi connectivity index (χ0v) is 19.8. The maximum absolute atomic E-state index is 4.89. The van der Waals surface area contributed by atoms with E-state index in [1.807, 2.05) is 48.5 Å². The molecule has 0 aliphatic carbocycles. The van der Waals surface area contributed by atoms with Crippen LogP contribution in [0.1, 0.15) is 0 Å². The Kier molecular flexibility index (Phi) is 5.51. The molecule has 0 fully saturated rings. The molecule has 132 valence electrons. The van der Waals surface area contributed by atoms with Gasteiger partial charge in [-0.25, -0.2) is 4.98 Å². The van der Waals surface area contributed by atoms with Crippen LogP contribution in [0.3, 0.4) is 0 Å². The van der Waals surface area contributed by atoms with Crippen molar-refractivity contribution in [2.24, 2.45) is 0 Å². The predicted octanol–water partition coefficient (Wildman–Crippen LogP) is 4.69. The summed E-state index contributed by atoms with van der Waals surface area (Å²) in [5, 5.41) is 1.00. The Labute approximate surface area is 194 Å². The van der Waals surface area contributed by atoms with Crippen molar-refractivity contribution in [2.75, 3.05) is 0 Å². The van der Waals surface area contributed by atoms with Crippen LogP contribution in [0.25, 0.3) is 44.4 Å². The van der Waals surface area contributed by atoms with Crippen LogP contribution in [0.5, 0.6) is 0 Å². The normalized spacial score (nSPS) is 10.8. The van der Waals surface area contributed by atoms with Crippen LogP contribution in [-0.4, -0.2) is 18.8 Å². The average molecular weight is 603 g/mol. The van der Waals surface area contributed by atoms with E-state index in [4.69, 9.17) is 9.97 Å². The molecule has 0 amide bonds. The molecule has 0 saturated carbocycles. The minimum absolute atomic E-state index is 0. The summed E-state index contributed by atoms with van der Waals surface area (Å²) < 4.78 is 4.33. The molecule has 3 heterocycles. The SMILES string of the molecule is [CH3-].[Ir].[Y].[c-]1cccc2c1c1nc3ccccc3n1c1nc3ccccc3n21. The number of fused-ring (bicyclic) bond motifs is 10. The van der Waals surface area contributed by atoms with Crippen LogP contribution in [0.15, 0.2) is 66.7 Å². The molecule has 0 bridgehead atoms. The van der Waals surface area contributed by atoms with Gasteiger partial charge in [0.25, 0.3) is 0 Å². The van der Waals surface area contributed by atoms with Gasteiger partial charge in [-0.3, -0.25) is 4.98 Å². The summed E-state index contributed by atoms with van der Waals surface area (Å²) in [5.41, 5.74) is 6.08. The summed E-state index contributed by atoms with van der Waals surface area (Å²) in [6, 6.07) is 25.8. The van der Waals surface area contributed by atoms with E-state index in [0.29, 0.717) is 0 Å². The molecular formula is C21H14IrN4Y-2. The van der Waals surface area contributed by atoms with Crippen molar-refractivity contribution < 1.29 is 52.8 Å². The fraction of sp³-hybridized carbons (Fsp3) is 0. The van der Waals surface area contributed by atoms with E-state index in [1.54, 1.807) is 0 Å². The Morgan fingerprint density at radius 2 is 1.30 bits per heavy atom. The van der Waals surface area contributed by atoms with Crippen molar-refractivity contribution in [2.45, 2.75) is 0 Å². The Bertz CT molecular complexity index is 1420. The molecule has 2 radical (unpaired) electrons. The molecule has 3 aromatic heterocycles. The number of para-hydroxylation sites is 4. The number of hydrogen-bond donors (Lipinski definition) is 0. The number of benzene rings is 3. The average Bonchev–Trinajstić information content (AvgIpc) is 3.20. The fourth-order valence-corrected chi connectivity index (χ4v) is 3.59. The van der Waals surface area contributed by atoms with Gasteiger partial charge in [-0.1, -0.05) is 29.7 Å². The second kappa shape index (κ2) is 7.40. The van der Waals surface area contributed by atoms with Crippen LogP contribution >= 0.6 is 0 Å². The Morgan fingerprint density at radius 3 is 2.04 bits per heavy atom. The largest absolute Gasteiger partial charge is 0.358 e. The van der Waals surface area contributed by atoms with Gasteiger partial charge >= 0.3 is 0 Å². The summed E-state index contributed by atoms with van der Waals surface area (Å²) in [6.07, 6.45) is 0. The topological polar surface area (TPSA) is 34.6 Å². The van der Waals surface area contributed by atoms with Crippen LogP contribution in [0.4, 0.5) is 0 Å². The molecule has 0 aliphatic heterocycles. The van der Waals surface area contributed by atoms with Crippen LogP contribution < -0.4 is 0 Å². The number of hydrogen-bond acceptors (Lipinski definition) is 2. The molecule has 6 aromatic rings. The van der Waals surface area contributed by atoms with Gasteiger partial charge in [0, 0.05) is 52.8 Å². The van der Waals surface area contributed by atoms with Crippen LogP contribution in [0.2, 0.25) is 0 Å². The smallest absolute Gasteiger partial charge is 0.204 e. The van der Waals surface area contributed by atoms with E-state index >= 15 is 0 Å². The molecular weight excluding hydrogens is 589 g/mol. The van der Waals surface area contributed by atoms with E-state index in [-0.39, 0.29) is 60.2 Å². The standard InChI is InChI=1S/C20H11N4.CH3.Ir.Y/c1-4-10-16-13(7-1)19-21-14-8-2-6-12-18(14)24(19)20-22-15-9-3-5-11-17(15)23(16)20;;;/h1-6,8-12H;1H3;;/q2*-1;;. The molecule has 4 nitrogen and oxygen atoms in total. The maximum atomic E-state index is 4.89. The third-order valence-electron chi connectivity index (χ3n) is 4.60. The molecule has 0 N–H and O–H groups in total. The molecule has 0 spiro atoms. The monoisotopic (exact) mass is 604 g/mol. The van der Waals surface area contributed by atoms with Crippen molar-refractivity contribution in [1.29, 1.82) is 0 Å². The van der Waals surface area contributed by atoms with Gasteiger partial charge in [-0.15, -0.1) is 24.3 Å². The first kappa shape index (κ1) is 20.1. The van der Waals surface area contributed by atoms with Gasteiger partial charge in [0.1, 0.15) is 0 Å². The second-order valence-electron chi connectivity index (χ2n) is 5.93. The van der Waals surface area contributed by atoms with Gasteiger partial charge < -0.3 is 16.2 Å². The Hall–Kier alpha value is -1.65. The minimum atomic E-state index is 0. The van der Waals surface area contributed by atoms with Crippen molar-refractivity contribution in [3.63, 3.8) is 0 Å². The van der Waals surface area contributed by atoms with E-state index in [9.17, 15) is 0 Å². The number of imidazole rings is 2. The first-order chi connectivity index (χ1) is 11.9. The maximum Gasteiger partial charge on any atom is 0.204 e. The minimum Gasteiger partial charge on any atom is -0.358 e. The zero-order chi connectivity index (χ0) is 15.7. The van der Waals surface area contributed by atoms with E-state index in [1.165, 1.54) is 0 Å². The van der Waals surface area contributed by atoms with E-state index < -0.39 is 0 Å². The molecule has 27 heavy (non-hydrogen) atoms. The third kappa shape index (κ3) is 2.68. The summed E-state index contributed by atoms with van der Waals surface area (Å²) >= 11 is 0. The number of rotatable bonds is 0. The molecule has 6 rings (SSSR count). The van der Waals surface area contributed by atoms with Gasteiger partial charge in [-0.2, -0.15) is 0 Å². The molecule has 0 atom stereocenters. The van der Waals surface area contributed by atoms with Crippen LogP contribution in [-0.2, 0) is 52.8 Å². The van der Waals surface area contributed by atoms with Gasteiger partial charge in [0.2, 0.25) is 5.78 Å². The molecule has 0 unspecified atom stereocenters. The number of aromatic nitrogens is 4. The van der Waals surface area contributed by atoms with Crippen molar-refractivity contribution in [1.82, 2.24) is 18.8 Å².